The predicted molar refractivity (Wildman–Crippen MR) is 66.0 cm³/mol. The van der Waals surface area contributed by atoms with E-state index < -0.39 is 0 Å². The Morgan fingerprint density at radius 1 is 1.27 bits per heavy atom. The Hall–Kier alpha value is -0.120. The SMILES string of the molecule is CC.CC(C)N1CCCC2(CNCN2)C1. The Labute approximate surface area is 94.6 Å². The topological polar surface area (TPSA) is 27.3 Å². The van der Waals surface area contributed by atoms with Gasteiger partial charge in [-0.05, 0) is 33.2 Å². The maximum atomic E-state index is 3.60. The minimum atomic E-state index is 0.391. The molecule has 1 unspecified atom stereocenters. The van der Waals surface area contributed by atoms with Crippen molar-refractivity contribution in [3.8, 4) is 0 Å². The first-order valence-corrected chi connectivity index (χ1v) is 6.42. The average molecular weight is 213 g/mol. The number of likely N-dealkylation sites (tertiary alicyclic amines) is 1. The van der Waals surface area contributed by atoms with Gasteiger partial charge >= 0.3 is 0 Å². The third-order valence-electron chi connectivity index (χ3n) is 3.39. The molecule has 2 N–H and O–H groups in total. The summed E-state index contributed by atoms with van der Waals surface area (Å²) in [4.78, 5) is 2.59. The molecule has 0 aromatic heterocycles. The van der Waals surface area contributed by atoms with Gasteiger partial charge in [0, 0.05) is 31.3 Å². The van der Waals surface area contributed by atoms with Crippen LogP contribution in [0.5, 0.6) is 0 Å². The van der Waals surface area contributed by atoms with Gasteiger partial charge in [-0.25, -0.2) is 0 Å². The van der Waals surface area contributed by atoms with Gasteiger partial charge in [0.2, 0.25) is 0 Å². The smallest absolute Gasteiger partial charge is 0.0460 e. The molecule has 0 amide bonds. The zero-order valence-corrected chi connectivity index (χ0v) is 10.8. The molecule has 0 saturated carbocycles. The molecule has 0 bridgehead atoms. The molecule has 0 radical (unpaired) electrons. The van der Waals surface area contributed by atoms with Crippen molar-refractivity contribution in [2.75, 3.05) is 26.3 Å². The van der Waals surface area contributed by atoms with E-state index in [1.807, 2.05) is 13.8 Å². The summed E-state index contributed by atoms with van der Waals surface area (Å²) in [5, 5.41) is 7.01. The Bertz CT molecular complexity index is 174. The summed E-state index contributed by atoms with van der Waals surface area (Å²) in [7, 11) is 0. The van der Waals surface area contributed by atoms with Crippen molar-refractivity contribution in [1.82, 2.24) is 15.5 Å². The highest BCUT2D eigenvalue weighted by Crippen LogP contribution is 2.23. The van der Waals surface area contributed by atoms with E-state index in [2.05, 4.69) is 29.4 Å². The van der Waals surface area contributed by atoms with E-state index in [0.717, 1.165) is 13.2 Å². The van der Waals surface area contributed by atoms with Gasteiger partial charge < -0.3 is 5.32 Å². The molecule has 3 heteroatoms. The van der Waals surface area contributed by atoms with Crippen LogP contribution in [0, 0.1) is 0 Å². The van der Waals surface area contributed by atoms with Crippen molar-refractivity contribution in [1.29, 1.82) is 0 Å². The standard InChI is InChI=1S/C10H21N3.C2H6/c1-9(2)13-5-3-4-10(7-13)6-11-8-12-10;1-2/h9,11-12H,3-8H2,1-2H3;1-2H3. The molecule has 2 rings (SSSR count). The van der Waals surface area contributed by atoms with Crippen LogP contribution in [0.1, 0.15) is 40.5 Å². The lowest BCUT2D eigenvalue weighted by atomic mass is 9.89. The molecule has 2 aliphatic heterocycles. The summed E-state index contributed by atoms with van der Waals surface area (Å²) < 4.78 is 0. The van der Waals surface area contributed by atoms with Crippen molar-refractivity contribution >= 4 is 0 Å². The van der Waals surface area contributed by atoms with Crippen molar-refractivity contribution < 1.29 is 0 Å². The fourth-order valence-electron chi connectivity index (χ4n) is 2.51. The summed E-state index contributed by atoms with van der Waals surface area (Å²) in [6, 6.07) is 0.694. The van der Waals surface area contributed by atoms with Crippen LogP contribution in [0.15, 0.2) is 0 Å². The van der Waals surface area contributed by atoms with E-state index in [4.69, 9.17) is 0 Å². The fourth-order valence-corrected chi connectivity index (χ4v) is 2.51. The molecule has 15 heavy (non-hydrogen) atoms. The van der Waals surface area contributed by atoms with Crippen molar-refractivity contribution in [2.24, 2.45) is 0 Å². The number of hydrogen-bond acceptors (Lipinski definition) is 3. The first-order valence-electron chi connectivity index (χ1n) is 6.42. The summed E-state index contributed by atoms with van der Waals surface area (Å²) in [5.41, 5.74) is 0.391. The lowest BCUT2D eigenvalue weighted by molar-refractivity contribution is 0.114. The van der Waals surface area contributed by atoms with E-state index >= 15 is 0 Å². The lowest BCUT2D eigenvalue weighted by Gasteiger charge is -2.42. The Morgan fingerprint density at radius 3 is 2.53 bits per heavy atom. The van der Waals surface area contributed by atoms with Gasteiger partial charge in [0.15, 0.2) is 0 Å². The van der Waals surface area contributed by atoms with Crippen molar-refractivity contribution in [3.05, 3.63) is 0 Å². The third kappa shape index (κ3) is 3.16. The molecule has 0 aromatic carbocycles. The largest absolute Gasteiger partial charge is 0.303 e. The van der Waals surface area contributed by atoms with Crippen LogP contribution in [0.25, 0.3) is 0 Å². The van der Waals surface area contributed by atoms with E-state index in [1.165, 1.54) is 25.9 Å². The normalized spacial score (nSPS) is 31.8. The Balaban J connectivity index is 0.000000531. The van der Waals surface area contributed by atoms with Crippen LogP contribution in [0.3, 0.4) is 0 Å². The molecule has 2 saturated heterocycles. The number of hydrogen-bond donors (Lipinski definition) is 2. The monoisotopic (exact) mass is 213 g/mol. The minimum Gasteiger partial charge on any atom is -0.303 e. The molecule has 1 spiro atoms. The Morgan fingerprint density at radius 2 is 2.00 bits per heavy atom. The average Bonchev–Trinajstić information content (AvgIpc) is 2.69. The molecule has 1 atom stereocenters. The highest BCUT2D eigenvalue weighted by Gasteiger charge is 2.37. The second-order valence-corrected chi connectivity index (χ2v) is 4.73. The molecule has 2 aliphatic rings. The van der Waals surface area contributed by atoms with Crippen LogP contribution in [0.2, 0.25) is 0 Å². The number of nitrogens with zero attached hydrogens (tertiary/aromatic N) is 1. The van der Waals surface area contributed by atoms with Gasteiger partial charge in [0.25, 0.3) is 0 Å². The highest BCUT2D eigenvalue weighted by atomic mass is 15.3. The molecule has 2 fully saturated rings. The van der Waals surface area contributed by atoms with Crippen LogP contribution in [-0.4, -0.2) is 42.8 Å². The lowest BCUT2D eigenvalue weighted by Crippen LogP contribution is -2.57. The minimum absolute atomic E-state index is 0.391. The summed E-state index contributed by atoms with van der Waals surface area (Å²) in [6.45, 7) is 13.2. The zero-order valence-electron chi connectivity index (χ0n) is 10.8. The van der Waals surface area contributed by atoms with Crippen molar-refractivity contribution in [3.63, 3.8) is 0 Å². The number of rotatable bonds is 1. The first kappa shape index (κ1) is 12.9. The maximum Gasteiger partial charge on any atom is 0.0460 e. The molecule has 2 heterocycles. The fraction of sp³-hybridized carbons (Fsp3) is 1.00. The van der Waals surface area contributed by atoms with E-state index in [0.29, 0.717) is 11.6 Å². The van der Waals surface area contributed by atoms with E-state index in [-0.39, 0.29) is 0 Å². The third-order valence-corrected chi connectivity index (χ3v) is 3.39. The molecule has 90 valence electrons. The van der Waals surface area contributed by atoms with Gasteiger partial charge in [0.1, 0.15) is 0 Å². The predicted octanol–water partition coefficient (Wildman–Crippen LogP) is 1.41. The van der Waals surface area contributed by atoms with E-state index in [9.17, 15) is 0 Å². The number of piperidine rings is 1. The first-order chi connectivity index (χ1) is 7.22. The van der Waals surface area contributed by atoms with Gasteiger partial charge in [-0.3, -0.25) is 10.2 Å². The number of nitrogens with one attached hydrogen (secondary N) is 2. The second-order valence-electron chi connectivity index (χ2n) is 4.73. The molecule has 0 aliphatic carbocycles. The zero-order chi connectivity index (χ0) is 11.3. The van der Waals surface area contributed by atoms with Crippen LogP contribution in [0.4, 0.5) is 0 Å². The van der Waals surface area contributed by atoms with Gasteiger partial charge in [-0.2, -0.15) is 0 Å². The van der Waals surface area contributed by atoms with Crippen LogP contribution in [-0.2, 0) is 0 Å². The molecule has 3 nitrogen and oxygen atoms in total. The molecular formula is C12H27N3. The summed E-state index contributed by atoms with van der Waals surface area (Å²) >= 11 is 0. The molecular weight excluding hydrogens is 186 g/mol. The van der Waals surface area contributed by atoms with Gasteiger partial charge in [0.05, 0.1) is 0 Å². The van der Waals surface area contributed by atoms with Crippen molar-refractivity contribution in [2.45, 2.75) is 52.1 Å². The van der Waals surface area contributed by atoms with Crippen LogP contribution < -0.4 is 10.6 Å². The van der Waals surface area contributed by atoms with Gasteiger partial charge in [-0.1, -0.05) is 13.8 Å². The van der Waals surface area contributed by atoms with Gasteiger partial charge in [-0.15, -0.1) is 0 Å². The molecule has 0 aromatic rings. The highest BCUT2D eigenvalue weighted by molar-refractivity contribution is 4.99. The second kappa shape index (κ2) is 5.83. The quantitative estimate of drug-likeness (QED) is 0.689. The van der Waals surface area contributed by atoms with E-state index in [1.54, 1.807) is 0 Å². The Kier molecular flexibility index (Phi) is 5.03. The summed E-state index contributed by atoms with van der Waals surface area (Å²) in [6.07, 6.45) is 2.68. The maximum absolute atomic E-state index is 3.60. The summed E-state index contributed by atoms with van der Waals surface area (Å²) in [5.74, 6) is 0. The van der Waals surface area contributed by atoms with Crippen LogP contribution >= 0.6 is 0 Å².